The number of ether oxygens (including phenoxy) is 1. The summed E-state index contributed by atoms with van der Waals surface area (Å²) in [6.07, 6.45) is 2.86. The summed E-state index contributed by atoms with van der Waals surface area (Å²) in [7, 11) is 0. The molecule has 26 heavy (non-hydrogen) atoms. The molecule has 3 saturated heterocycles. The molecule has 0 spiro atoms. The zero-order valence-corrected chi connectivity index (χ0v) is 15.0. The fourth-order valence-electron chi connectivity index (χ4n) is 4.20. The molecular formula is C17H14Cl2N4O3. The molecule has 0 aliphatic carbocycles. The van der Waals surface area contributed by atoms with Crippen LogP contribution < -0.4 is 4.90 Å². The van der Waals surface area contributed by atoms with Crippen LogP contribution in [-0.2, 0) is 20.9 Å². The van der Waals surface area contributed by atoms with Crippen molar-refractivity contribution in [3.63, 3.8) is 0 Å². The molecule has 3 aliphatic rings. The summed E-state index contributed by atoms with van der Waals surface area (Å²) in [6, 6.07) is 5.29. The van der Waals surface area contributed by atoms with Crippen LogP contribution in [0.15, 0.2) is 24.5 Å². The SMILES string of the molecule is O=C1[C@@H]2[C@H](C(=O)N1c1ncn(Cc3ccc(Cl)c(Cl)c3)n1)[C@H]1CC[C@H]2O1. The Hall–Kier alpha value is -1.96. The number of hydrogen-bond acceptors (Lipinski definition) is 5. The van der Waals surface area contributed by atoms with E-state index in [2.05, 4.69) is 10.1 Å². The summed E-state index contributed by atoms with van der Waals surface area (Å²) in [4.78, 5) is 30.8. The predicted octanol–water partition coefficient (Wildman–Crippen LogP) is 2.30. The first-order valence-corrected chi connectivity index (χ1v) is 9.15. The number of carbonyl (C=O) groups excluding carboxylic acids is 2. The number of aromatic nitrogens is 3. The van der Waals surface area contributed by atoms with Crippen LogP contribution >= 0.6 is 23.2 Å². The molecule has 0 saturated carbocycles. The molecular weight excluding hydrogens is 379 g/mol. The number of imide groups is 1. The van der Waals surface area contributed by atoms with E-state index in [1.54, 1.807) is 16.8 Å². The number of fused-ring (bicyclic) bond motifs is 5. The molecule has 5 rings (SSSR count). The van der Waals surface area contributed by atoms with Gasteiger partial charge in [0.1, 0.15) is 6.33 Å². The third-order valence-electron chi connectivity index (χ3n) is 5.34. The van der Waals surface area contributed by atoms with Crippen molar-refractivity contribution in [2.45, 2.75) is 31.6 Å². The third kappa shape index (κ3) is 2.31. The standard InChI is InChI=1S/C17H14Cl2N4O3/c18-9-2-1-8(5-10(9)19)6-22-7-20-17(21-22)23-15(24)13-11-3-4-12(26-11)14(13)16(23)25/h1-2,5,7,11-14H,3-4,6H2/t11-,12-,13-,14+/m1/s1. The molecule has 134 valence electrons. The van der Waals surface area contributed by atoms with E-state index in [0.717, 1.165) is 23.3 Å². The summed E-state index contributed by atoms with van der Waals surface area (Å²) in [5, 5.41) is 5.25. The number of nitrogens with zero attached hydrogens (tertiary/aromatic N) is 4. The molecule has 0 unspecified atom stereocenters. The van der Waals surface area contributed by atoms with Crippen molar-refractivity contribution in [1.29, 1.82) is 0 Å². The molecule has 2 aromatic rings. The van der Waals surface area contributed by atoms with E-state index in [0.29, 0.717) is 16.6 Å². The molecule has 1 aromatic heterocycles. The molecule has 1 aromatic carbocycles. The molecule has 7 nitrogen and oxygen atoms in total. The minimum absolute atomic E-state index is 0.119. The molecule has 2 bridgehead atoms. The number of amides is 2. The molecule has 4 atom stereocenters. The number of carbonyl (C=O) groups is 2. The molecule has 9 heteroatoms. The quantitative estimate of drug-likeness (QED) is 0.748. The van der Waals surface area contributed by atoms with E-state index in [-0.39, 0.29) is 41.8 Å². The van der Waals surface area contributed by atoms with Crippen LogP contribution in [0.5, 0.6) is 0 Å². The Morgan fingerprint density at radius 1 is 1.08 bits per heavy atom. The summed E-state index contributed by atoms with van der Waals surface area (Å²) in [5.41, 5.74) is 0.887. The lowest BCUT2D eigenvalue weighted by molar-refractivity contribution is -0.124. The fourth-order valence-corrected chi connectivity index (χ4v) is 4.52. The van der Waals surface area contributed by atoms with Gasteiger partial charge in [0.15, 0.2) is 0 Å². The van der Waals surface area contributed by atoms with Gasteiger partial charge >= 0.3 is 0 Å². The maximum absolute atomic E-state index is 12.7. The predicted molar refractivity (Wildman–Crippen MR) is 93.0 cm³/mol. The largest absolute Gasteiger partial charge is 0.373 e. The average molecular weight is 393 g/mol. The van der Waals surface area contributed by atoms with Crippen molar-refractivity contribution in [3.05, 3.63) is 40.1 Å². The highest BCUT2D eigenvalue weighted by Gasteiger charge is 2.63. The van der Waals surface area contributed by atoms with Crippen LogP contribution in [0.4, 0.5) is 5.95 Å². The Labute approximate surface area is 158 Å². The van der Waals surface area contributed by atoms with Gasteiger partial charge in [-0.1, -0.05) is 29.3 Å². The van der Waals surface area contributed by atoms with E-state index >= 15 is 0 Å². The first-order chi connectivity index (χ1) is 12.5. The van der Waals surface area contributed by atoms with Gasteiger partial charge in [0, 0.05) is 0 Å². The molecule has 4 heterocycles. The average Bonchev–Trinajstić information content (AvgIpc) is 3.36. The van der Waals surface area contributed by atoms with E-state index in [4.69, 9.17) is 27.9 Å². The first-order valence-electron chi connectivity index (χ1n) is 8.39. The van der Waals surface area contributed by atoms with Gasteiger partial charge in [0.25, 0.3) is 5.95 Å². The summed E-state index contributed by atoms with van der Waals surface area (Å²) >= 11 is 12.0. The molecule has 0 radical (unpaired) electrons. The highest BCUT2D eigenvalue weighted by atomic mass is 35.5. The number of halogens is 2. The molecule has 3 fully saturated rings. The summed E-state index contributed by atoms with van der Waals surface area (Å²) < 4.78 is 7.30. The van der Waals surface area contributed by atoms with E-state index in [9.17, 15) is 9.59 Å². The fraction of sp³-hybridized carbons (Fsp3) is 0.412. The molecule has 0 N–H and O–H groups in total. The van der Waals surface area contributed by atoms with Gasteiger partial charge in [-0.25, -0.2) is 9.58 Å². The van der Waals surface area contributed by atoms with Gasteiger partial charge in [-0.3, -0.25) is 9.59 Å². The van der Waals surface area contributed by atoms with E-state index in [1.165, 1.54) is 6.33 Å². The van der Waals surface area contributed by atoms with Gasteiger partial charge in [-0.2, -0.15) is 4.98 Å². The van der Waals surface area contributed by atoms with Crippen molar-refractivity contribution in [2.75, 3.05) is 4.90 Å². The van der Waals surface area contributed by atoms with Gasteiger partial charge in [-0.05, 0) is 30.5 Å². The van der Waals surface area contributed by atoms with Crippen molar-refractivity contribution in [1.82, 2.24) is 14.8 Å². The van der Waals surface area contributed by atoms with Crippen molar-refractivity contribution in [3.8, 4) is 0 Å². The highest BCUT2D eigenvalue weighted by Crippen LogP contribution is 2.48. The lowest BCUT2D eigenvalue weighted by atomic mass is 9.81. The van der Waals surface area contributed by atoms with E-state index < -0.39 is 0 Å². The lowest BCUT2D eigenvalue weighted by Crippen LogP contribution is -2.35. The third-order valence-corrected chi connectivity index (χ3v) is 6.08. The lowest BCUT2D eigenvalue weighted by Gasteiger charge is -2.14. The summed E-state index contributed by atoms with van der Waals surface area (Å²) in [6.45, 7) is 0.404. The Balaban J connectivity index is 1.39. The minimum Gasteiger partial charge on any atom is -0.373 e. The molecule has 2 amide bonds. The number of hydrogen-bond donors (Lipinski definition) is 0. The second kappa shape index (κ2) is 5.77. The van der Waals surface area contributed by atoms with Gasteiger partial charge < -0.3 is 4.74 Å². The van der Waals surface area contributed by atoms with Crippen LogP contribution in [0, 0.1) is 11.8 Å². The smallest absolute Gasteiger partial charge is 0.258 e. The Kier molecular flexibility index (Phi) is 3.60. The maximum Gasteiger partial charge on any atom is 0.258 e. The Morgan fingerprint density at radius 2 is 1.77 bits per heavy atom. The van der Waals surface area contributed by atoms with Crippen LogP contribution in [0.3, 0.4) is 0 Å². The zero-order valence-electron chi connectivity index (χ0n) is 13.5. The van der Waals surface area contributed by atoms with Crippen LogP contribution in [0.2, 0.25) is 10.0 Å². The van der Waals surface area contributed by atoms with Crippen molar-refractivity contribution in [2.24, 2.45) is 11.8 Å². The topological polar surface area (TPSA) is 77.3 Å². The van der Waals surface area contributed by atoms with Gasteiger partial charge in [-0.15, -0.1) is 5.10 Å². The van der Waals surface area contributed by atoms with Crippen LogP contribution in [0.25, 0.3) is 0 Å². The monoisotopic (exact) mass is 392 g/mol. The molecule has 3 aliphatic heterocycles. The Bertz CT molecular complexity index is 902. The van der Waals surface area contributed by atoms with Crippen LogP contribution in [0.1, 0.15) is 18.4 Å². The van der Waals surface area contributed by atoms with Gasteiger partial charge in [0.05, 0.1) is 40.6 Å². The Morgan fingerprint density at radius 3 is 2.42 bits per heavy atom. The van der Waals surface area contributed by atoms with Crippen molar-refractivity contribution >= 4 is 41.0 Å². The number of anilines is 1. The van der Waals surface area contributed by atoms with E-state index in [1.807, 2.05) is 6.07 Å². The van der Waals surface area contributed by atoms with Gasteiger partial charge in [0.2, 0.25) is 11.8 Å². The van der Waals surface area contributed by atoms with Crippen molar-refractivity contribution < 1.29 is 14.3 Å². The summed E-state index contributed by atoms with van der Waals surface area (Å²) in [5.74, 6) is -1.15. The minimum atomic E-state index is -0.386. The number of benzene rings is 1. The maximum atomic E-state index is 12.7. The van der Waals surface area contributed by atoms with Crippen LogP contribution in [-0.4, -0.2) is 38.8 Å². The normalized spacial score (nSPS) is 29.7. The zero-order chi connectivity index (χ0) is 18.0. The second-order valence-electron chi connectivity index (χ2n) is 6.84. The second-order valence-corrected chi connectivity index (χ2v) is 7.66. The highest BCUT2D eigenvalue weighted by molar-refractivity contribution is 6.42. The first kappa shape index (κ1) is 16.2. The number of rotatable bonds is 3.